The number of benzene rings is 7. The van der Waals surface area contributed by atoms with Crippen LogP contribution in [0.2, 0.25) is 0 Å². The Labute approximate surface area is 225 Å². The summed E-state index contributed by atoms with van der Waals surface area (Å²) in [6, 6.07) is 27.7. The molecule has 7 aromatic carbocycles. The molecule has 0 amide bonds. The number of fused-ring (bicyclic) bond motifs is 4. The van der Waals surface area contributed by atoms with E-state index in [-0.39, 0.29) is 0 Å². The zero-order valence-electron chi connectivity index (χ0n) is 19.5. The van der Waals surface area contributed by atoms with Crippen molar-refractivity contribution in [1.82, 2.24) is 0 Å². The maximum atomic E-state index is 4.09. The normalized spacial score (nSPS) is 14.5. The summed E-state index contributed by atoms with van der Waals surface area (Å²) in [6.45, 7) is 0. The Bertz CT molecular complexity index is 1860. The van der Waals surface area contributed by atoms with Gasteiger partial charge >= 0.3 is 0 Å². The molecule has 0 saturated carbocycles. The van der Waals surface area contributed by atoms with Gasteiger partial charge in [-0.15, -0.1) is 0 Å². The second kappa shape index (κ2) is 6.88. The van der Waals surface area contributed by atoms with Gasteiger partial charge in [-0.3, -0.25) is 0 Å². The molecular weight excluding hydrogens is 568 g/mol. The molecule has 0 N–H and O–H groups in total. The average Bonchev–Trinajstić information content (AvgIpc) is 2.95. The van der Waals surface area contributed by atoms with Crippen molar-refractivity contribution in [3.8, 4) is 0 Å². The second-order valence-electron chi connectivity index (χ2n) is 10.5. The molecule has 170 valence electrons. The van der Waals surface area contributed by atoms with Crippen LogP contribution >= 0.6 is 31.9 Å². The van der Waals surface area contributed by atoms with E-state index in [0.29, 0.717) is 0 Å². The zero-order chi connectivity index (χ0) is 23.7. The first-order valence-corrected chi connectivity index (χ1v) is 14.3. The first-order valence-electron chi connectivity index (χ1n) is 12.8. The van der Waals surface area contributed by atoms with Gasteiger partial charge < -0.3 is 0 Å². The van der Waals surface area contributed by atoms with E-state index in [1.165, 1.54) is 95.8 Å². The Balaban J connectivity index is 1.47. The van der Waals surface area contributed by atoms with Gasteiger partial charge in [0.2, 0.25) is 0 Å². The van der Waals surface area contributed by atoms with Crippen LogP contribution in [-0.4, -0.2) is 0 Å². The molecule has 0 aromatic heterocycles. The van der Waals surface area contributed by atoms with Gasteiger partial charge in [-0.25, -0.2) is 0 Å². The van der Waals surface area contributed by atoms with Crippen molar-refractivity contribution in [1.29, 1.82) is 0 Å². The third-order valence-electron chi connectivity index (χ3n) is 8.97. The average molecular weight is 588 g/mol. The van der Waals surface area contributed by atoms with E-state index in [1.54, 1.807) is 0 Å². The van der Waals surface area contributed by atoms with E-state index in [0.717, 1.165) is 25.7 Å². The molecule has 0 atom stereocenters. The third kappa shape index (κ3) is 2.36. The first-order chi connectivity index (χ1) is 17.7. The van der Waals surface area contributed by atoms with Gasteiger partial charge in [-0.05, 0) is 169 Å². The summed E-state index contributed by atoms with van der Waals surface area (Å²) in [7, 11) is 0. The van der Waals surface area contributed by atoms with Crippen molar-refractivity contribution in [2.75, 3.05) is 0 Å². The summed E-state index contributed by atoms with van der Waals surface area (Å²) in [5, 5.41) is 16.6. The van der Waals surface area contributed by atoms with Crippen LogP contribution in [-0.2, 0) is 25.7 Å². The summed E-state index contributed by atoms with van der Waals surface area (Å²) in [4.78, 5) is 0. The van der Waals surface area contributed by atoms with Gasteiger partial charge in [0.15, 0.2) is 0 Å². The van der Waals surface area contributed by atoms with Crippen molar-refractivity contribution in [2.24, 2.45) is 0 Å². The summed E-state index contributed by atoms with van der Waals surface area (Å²) in [6.07, 6.45) is 4.56. The lowest BCUT2D eigenvalue weighted by molar-refractivity contribution is 0.973. The predicted octanol–water partition coefficient (Wildman–Crippen LogP) is 10.3. The van der Waals surface area contributed by atoms with Crippen LogP contribution in [0.4, 0.5) is 0 Å². The number of rotatable bonds is 0. The highest BCUT2D eigenvalue weighted by molar-refractivity contribution is 9.11. The highest BCUT2D eigenvalue weighted by Gasteiger charge is 2.24. The zero-order valence-corrected chi connectivity index (χ0v) is 22.7. The lowest BCUT2D eigenvalue weighted by Crippen LogP contribution is -2.06. The number of hydrogen-bond acceptors (Lipinski definition) is 0. The van der Waals surface area contributed by atoms with Crippen LogP contribution in [0.25, 0.3) is 64.6 Å². The molecule has 0 unspecified atom stereocenters. The molecule has 0 spiro atoms. The monoisotopic (exact) mass is 586 g/mol. The van der Waals surface area contributed by atoms with Crippen LogP contribution in [0, 0.1) is 0 Å². The number of aryl methyl sites for hydroxylation is 4. The van der Waals surface area contributed by atoms with Crippen molar-refractivity contribution in [3.63, 3.8) is 0 Å². The van der Waals surface area contributed by atoms with E-state index in [1.807, 2.05) is 0 Å². The topological polar surface area (TPSA) is 0 Å². The van der Waals surface area contributed by atoms with Gasteiger partial charge in [0.05, 0.1) is 0 Å². The summed E-state index contributed by atoms with van der Waals surface area (Å²) in [5.74, 6) is 0. The second-order valence-corrected chi connectivity index (χ2v) is 12.1. The van der Waals surface area contributed by atoms with E-state index in [9.17, 15) is 0 Å². The minimum Gasteiger partial charge on any atom is -0.0616 e. The van der Waals surface area contributed by atoms with Gasteiger partial charge in [0.1, 0.15) is 0 Å². The Kier molecular flexibility index (Phi) is 3.85. The quantitative estimate of drug-likeness (QED) is 0.155. The highest BCUT2D eigenvalue weighted by Crippen LogP contribution is 2.48. The lowest BCUT2D eigenvalue weighted by atomic mass is 9.80. The highest BCUT2D eigenvalue weighted by atomic mass is 79.9. The molecule has 0 saturated heterocycles. The van der Waals surface area contributed by atoms with Crippen LogP contribution < -0.4 is 0 Å². The standard InChI is InChI=1S/C34H20Br2/c35-33-29-13-25-21-9-10-22(18-6-2-1-5-17(18)21)26(25)14-30(29)34(36)32-16-28-24-12-11-23(27(28)15-31(32)33)19-7-3-4-8-20(19)24/h1-8,13-16H,9-12H2. The van der Waals surface area contributed by atoms with Gasteiger partial charge in [0.25, 0.3) is 0 Å². The molecular formula is C34H20Br2. The molecule has 0 nitrogen and oxygen atoms in total. The van der Waals surface area contributed by atoms with Crippen molar-refractivity contribution in [3.05, 3.63) is 104 Å². The molecule has 0 radical (unpaired) electrons. The fourth-order valence-electron chi connectivity index (χ4n) is 7.39. The third-order valence-corrected chi connectivity index (χ3v) is 10.7. The Hall–Kier alpha value is -2.94. The van der Waals surface area contributed by atoms with Crippen molar-refractivity contribution < 1.29 is 0 Å². The van der Waals surface area contributed by atoms with Crippen molar-refractivity contribution >= 4 is 96.5 Å². The number of hydrogen-bond donors (Lipinski definition) is 0. The summed E-state index contributed by atoms with van der Waals surface area (Å²) < 4.78 is 2.42. The summed E-state index contributed by atoms with van der Waals surface area (Å²) >= 11 is 8.18. The fraction of sp³-hybridized carbons (Fsp3) is 0.118. The first kappa shape index (κ1) is 20.2. The van der Waals surface area contributed by atoms with Gasteiger partial charge in [-0.2, -0.15) is 0 Å². The smallest absolute Gasteiger partial charge is 0.0333 e. The largest absolute Gasteiger partial charge is 0.0616 e. The molecule has 0 heterocycles. The van der Waals surface area contributed by atoms with Crippen molar-refractivity contribution in [2.45, 2.75) is 25.7 Å². The molecule has 0 aliphatic heterocycles. The maximum absolute atomic E-state index is 4.09. The minimum atomic E-state index is 1.14. The van der Waals surface area contributed by atoms with Gasteiger partial charge in [0, 0.05) is 8.95 Å². The van der Waals surface area contributed by atoms with Gasteiger partial charge in [-0.1, -0.05) is 48.5 Å². The van der Waals surface area contributed by atoms with Crippen LogP contribution in [0.3, 0.4) is 0 Å². The molecule has 11 rings (SSSR count). The minimum absolute atomic E-state index is 1.14. The van der Waals surface area contributed by atoms with Crippen LogP contribution in [0.1, 0.15) is 22.3 Å². The lowest BCUT2D eigenvalue weighted by Gasteiger charge is -2.25. The molecule has 2 heteroatoms. The molecule has 4 aliphatic rings. The fourth-order valence-corrected chi connectivity index (χ4v) is 8.70. The van der Waals surface area contributed by atoms with E-state index in [2.05, 4.69) is 105 Å². The van der Waals surface area contributed by atoms with Crippen LogP contribution in [0.15, 0.2) is 81.7 Å². The molecule has 4 aliphatic carbocycles. The predicted molar refractivity (Wildman–Crippen MR) is 162 cm³/mol. The Morgan fingerprint density at radius 1 is 0.333 bits per heavy atom. The van der Waals surface area contributed by atoms with E-state index >= 15 is 0 Å². The SMILES string of the molecule is Brc1c2cc3c4c5ccccc5c(c3cc2c(Br)c2cc3c5c6ccccc6c(c3cc12)CC5)CC4. The number of halogens is 2. The molecule has 7 aromatic rings. The molecule has 36 heavy (non-hydrogen) atoms. The molecule has 4 bridgehead atoms. The maximum Gasteiger partial charge on any atom is 0.0333 e. The Morgan fingerprint density at radius 3 is 0.833 bits per heavy atom. The van der Waals surface area contributed by atoms with E-state index < -0.39 is 0 Å². The summed E-state index contributed by atoms with van der Waals surface area (Å²) in [5.41, 5.74) is 6.03. The molecule has 0 fully saturated rings. The van der Waals surface area contributed by atoms with E-state index in [4.69, 9.17) is 0 Å². The Morgan fingerprint density at radius 2 is 0.583 bits per heavy atom. The van der Waals surface area contributed by atoms with Crippen LogP contribution in [0.5, 0.6) is 0 Å².